The van der Waals surface area contributed by atoms with E-state index in [1.807, 2.05) is 0 Å². The Bertz CT molecular complexity index is 2330. The Morgan fingerprint density at radius 1 is 0.279 bits per heavy atom. The minimum Gasteiger partial charge on any atom is -0.310 e. The van der Waals surface area contributed by atoms with Crippen LogP contribution in [0.5, 0.6) is 0 Å². The Morgan fingerprint density at radius 2 is 0.574 bits per heavy atom. The summed E-state index contributed by atoms with van der Waals surface area (Å²) in [5.74, 6) is 2.65. The van der Waals surface area contributed by atoms with E-state index in [9.17, 15) is 0 Å². The van der Waals surface area contributed by atoms with E-state index in [1.165, 1.54) is 228 Å². The molecule has 0 radical (unpaired) electrons. The highest BCUT2D eigenvalue weighted by molar-refractivity contribution is 5.81. The van der Waals surface area contributed by atoms with Gasteiger partial charge in [-0.05, 0) is 182 Å². The highest BCUT2D eigenvalue weighted by Crippen LogP contribution is 2.50. The lowest BCUT2D eigenvalue weighted by Gasteiger charge is -2.39. The molecule has 0 aromatic heterocycles. The van der Waals surface area contributed by atoms with Crippen LogP contribution in [0.3, 0.4) is 0 Å². The predicted molar refractivity (Wildman–Crippen MR) is 289 cm³/mol. The third-order valence-electron chi connectivity index (χ3n) is 18.0. The number of hydrogen-bond acceptors (Lipinski definition) is 2. The van der Waals surface area contributed by atoms with Crippen LogP contribution in [-0.2, 0) is 5.41 Å². The van der Waals surface area contributed by atoms with Crippen molar-refractivity contribution in [2.75, 3.05) is 9.80 Å². The third-order valence-corrected chi connectivity index (χ3v) is 18.0. The molecule has 2 heteroatoms. The summed E-state index contributed by atoms with van der Waals surface area (Å²) in [4.78, 5) is 5.20. The average molecular weight is 899 g/mol. The van der Waals surface area contributed by atoms with Crippen LogP contribution in [0.2, 0.25) is 0 Å². The van der Waals surface area contributed by atoms with Crippen LogP contribution in [0.4, 0.5) is 34.1 Å². The van der Waals surface area contributed by atoms with Crippen molar-refractivity contribution in [1.29, 1.82) is 0 Å². The molecule has 5 aliphatic rings. The highest BCUT2D eigenvalue weighted by Gasteiger charge is 2.36. The normalized spacial score (nSPS) is 19.9. The lowest BCUT2D eigenvalue weighted by atomic mass is 9.65. The zero-order valence-electron chi connectivity index (χ0n) is 41.2. The second-order valence-electron chi connectivity index (χ2n) is 22.0. The van der Waals surface area contributed by atoms with Crippen molar-refractivity contribution in [1.82, 2.24) is 0 Å². The number of para-hydroxylation sites is 2. The summed E-state index contributed by atoms with van der Waals surface area (Å²) < 4.78 is 0. The van der Waals surface area contributed by atoms with Crippen molar-refractivity contribution in [2.24, 2.45) is 0 Å². The Labute approximate surface area is 410 Å². The van der Waals surface area contributed by atoms with E-state index in [0.29, 0.717) is 23.7 Å². The molecule has 0 amide bonds. The maximum absolute atomic E-state index is 2.60. The number of hydrogen-bond donors (Lipinski definition) is 0. The molecular weight excluding hydrogens is 821 g/mol. The molecule has 6 aromatic carbocycles. The van der Waals surface area contributed by atoms with Crippen molar-refractivity contribution >= 4 is 34.1 Å². The van der Waals surface area contributed by atoms with Crippen LogP contribution in [0.25, 0.3) is 0 Å². The van der Waals surface area contributed by atoms with Gasteiger partial charge in [-0.3, -0.25) is 0 Å². The second kappa shape index (κ2) is 21.3. The minimum absolute atomic E-state index is 0.00569. The summed E-state index contributed by atoms with van der Waals surface area (Å²) >= 11 is 0. The molecule has 5 saturated carbocycles. The molecule has 0 aliphatic heterocycles. The topological polar surface area (TPSA) is 6.48 Å². The van der Waals surface area contributed by atoms with Crippen LogP contribution < -0.4 is 9.80 Å². The Hall–Kier alpha value is -5.08. The number of anilines is 6. The van der Waals surface area contributed by atoms with E-state index < -0.39 is 0 Å². The SMILES string of the molecule is c1ccc(N(c2ccc(C3CCCCC3)cc2)c2ccc(C3(c4ccc(N(c5ccc(C6CCCCC6)cc5)c5ccccc5C5CCCCC5)cc4)CCCCC3)cc2)c(C2CCCCC2)c1. The molecular formula is C66H78N2. The first-order valence-electron chi connectivity index (χ1n) is 27.9. The zero-order valence-corrected chi connectivity index (χ0v) is 41.2. The van der Waals surface area contributed by atoms with Crippen LogP contribution in [-0.4, -0.2) is 0 Å². The maximum Gasteiger partial charge on any atom is 0.0496 e. The number of benzene rings is 6. The summed E-state index contributed by atoms with van der Waals surface area (Å²) in [5.41, 5.74) is 16.8. The van der Waals surface area contributed by atoms with Gasteiger partial charge < -0.3 is 9.80 Å². The van der Waals surface area contributed by atoms with E-state index in [2.05, 4.69) is 155 Å². The van der Waals surface area contributed by atoms with Gasteiger partial charge in [0.15, 0.2) is 0 Å². The van der Waals surface area contributed by atoms with Gasteiger partial charge in [0.2, 0.25) is 0 Å². The molecule has 6 aromatic rings. The van der Waals surface area contributed by atoms with Gasteiger partial charge in [-0.2, -0.15) is 0 Å². The molecule has 0 N–H and O–H groups in total. The molecule has 0 heterocycles. The van der Waals surface area contributed by atoms with Gasteiger partial charge >= 0.3 is 0 Å². The van der Waals surface area contributed by atoms with Crippen LogP contribution in [0.15, 0.2) is 146 Å². The zero-order chi connectivity index (χ0) is 45.5. The molecule has 2 nitrogen and oxygen atoms in total. The number of rotatable bonds is 12. The summed E-state index contributed by atoms with van der Waals surface area (Å²) in [7, 11) is 0. The molecule has 352 valence electrons. The van der Waals surface area contributed by atoms with E-state index in [-0.39, 0.29) is 5.41 Å². The van der Waals surface area contributed by atoms with Crippen LogP contribution in [0.1, 0.15) is 218 Å². The van der Waals surface area contributed by atoms with Crippen molar-refractivity contribution < 1.29 is 0 Å². The van der Waals surface area contributed by atoms with Crippen molar-refractivity contribution in [3.05, 3.63) is 179 Å². The van der Waals surface area contributed by atoms with Gasteiger partial charge in [-0.25, -0.2) is 0 Å². The lowest BCUT2D eigenvalue weighted by Crippen LogP contribution is -2.30. The van der Waals surface area contributed by atoms with E-state index in [0.717, 1.165) is 0 Å². The van der Waals surface area contributed by atoms with Crippen molar-refractivity contribution in [2.45, 2.75) is 190 Å². The minimum atomic E-state index is -0.00569. The molecule has 0 spiro atoms. The predicted octanol–water partition coefficient (Wildman–Crippen LogP) is 20.1. The quantitative estimate of drug-likeness (QED) is 0.121. The fourth-order valence-corrected chi connectivity index (χ4v) is 14.2. The number of nitrogens with zero attached hydrogens (tertiary/aromatic N) is 2. The Balaban J connectivity index is 0.943. The van der Waals surface area contributed by atoms with Gasteiger partial charge in [0.25, 0.3) is 0 Å². The van der Waals surface area contributed by atoms with Crippen LogP contribution in [0, 0.1) is 0 Å². The van der Waals surface area contributed by atoms with Gasteiger partial charge in [0.1, 0.15) is 0 Å². The first-order valence-corrected chi connectivity index (χ1v) is 27.9. The highest BCUT2D eigenvalue weighted by atomic mass is 15.2. The molecule has 0 atom stereocenters. The molecule has 5 fully saturated rings. The molecule has 68 heavy (non-hydrogen) atoms. The summed E-state index contributed by atoms with van der Waals surface area (Å²) in [6.45, 7) is 0. The fraction of sp³-hybridized carbons (Fsp3) is 0.455. The first kappa shape index (κ1) is 45.4. The Morgan fingerprint density at radius 3 is 0.926 bits per heavy atom. The largest absolute Gasteiger partial charge is 0.310 e. The van der Waals surface area contributed by atoms with Gasteiger partial charge in [-0.1, -0.05) is 181 Å². The standard InChI is InChI=1S/C66H78N2/c1-6-20-50(21-7-1)52-32-40-58(41-33-52)67(64-30-16-14-28-62(64)54-24-10-3-11-25-54)60-44-36-56(37-45-60)66(48-18-5-19-49-66)57-38-46-61(47-39-57)68(59-42-34-53(35-43-59)51-22-8-2-9-23-51)65-31-17-15-29-63(65)55-26-12-4-13-27-55/h14-17,28-47,50-51,54-55H,1-13,18-27,48-49H2. The van der Waals surface area contributed by atoms with E-state index >= 15 is 0 Å². The lowest BCUT2D eigenvalue weighted by molar-refractivity contribution is 0.346. The molecule has 11 rings (SSSR count). The maximum atomic E-state index is 2.60. The smallest absolute Gasteiger partial charge is 0.0496 e. The monoisotopic (exact) mass is 899 g/mol. The summed E-state index contributed by atoms with van der Waals surface area (Å²) in [6.07, 6.45) is 33.1. The van der Waals surface area contributed by atoms with Crippen LogP contribution >= 0.6 is 0 Å². The summed E-state index contributed by atoms with van der Waals surface area (Å²) in [5, 5.41) is 0. The van der Waals surface area contributed by atoms with Gasteiger partial charge in [-0.15, -0.1) is 0 Å². The second-order valence-corrected chi connectivity index (χ2v) is 22.0. The summed E-state index contributed by atoms with van der Waals surface area (Å²) in [6, 6.07) is 58.3. The Kier molecular flexibility index (Phi) is 14.2. The van der Waals surface area contributed by atoms with Gasteiger partial charge in [0, 0.05) is 39.5 Å². The van der Waals surface area contributed by atoms with E-state index in [4.69, 9.17) is 0 Å². The average Bonchev–Trinajstić information content (AvgIpc) is 3.43. The molecule has 5 aliphatic carbocycles. The molecule has 0 bridgehead atoms. The molecule has 0 saturated heterocycles. The first-order chi connectivity index (χ1) is 33.7. The van der Waals surface area contributed by atoms with Crippen molar-refractivity contribution in [3.8, 4) is 0 Å². The van der Waals surface area contributed by atoms with E-state index in [1.54, 1.807) is 0 Å². The van der Waals surface area contributed by atoms with Crippen molar-refractivity contribution in [3.63, 3.8) is 0 Å². The molecule has 0 unspecified atom stereocenters. The van der Waals surface area contributed by atoms with Gasteiger partial charge in [0.05, 0.1) is 0 Å². The third kappa shape index (κ3) is 9.60. The fourth-order valence-electron chi connectivity index (χ4n) is 14.2.